The van der Waals surface area contributed by atoms with Crippen LogP contribution in [0.2, 0.25) is 0 Å². The number of hydrogen-bond donors (Lipinski definition) is 7. The number of fused-ring (bicyclic) bond motifs is 2. The second-order valence-electron chi connectivity index (χ2n) is 24.3. The van der Waals surface area contributed by atoms with Crippen molar-refractivity contribution in [1.29, 1.82) is 0 Å². The molecule has 0 aliphatic carbocycles. The number of carbonyl (C=O) groups is 3. The highest BCUT2D eigenvalue weighted by Crippen LogP contribution is 2.36. The van der Waals surface area contributed by atoms with Gasteiger partial charge in [0.15, 0.2) is 0 Å². The first-order chi connectivity index (χ1) is 41.6. The summed E-state index contributed by atoms with van der Waals surface area (Å²) in [5, 5.41) is 24.2. The van der Waals surface area contributed by atoms with E-state index in [0.717, 1.165) is 47.1 Å². The Morgan fingerprint density at radius 3 is 1.43 bits per heavy atom. The number of urea groups is 1. The number of rotatable bonds is 21. The Labute approximate surface area is 518 Å². The zero-order chi connectivity index (χ0) is 64.6. The smallest absolute Gasteiger partial charge is 0.315 e. The molecule has 0 unspecified atom stereocenters. The highest BCUT2D eigenvalue weighted by atomic mass is 32.2. The number of aliphatic imine (C=N–C) groups is 3. The summed E-state index contributed by atoms with van der Waals surface area (Å²) in [6.45, 7) is 19.8. The maximum Gasteiger partial charge on any atom is 0.315 e. The van der Waals surface area contributed by atoms with Gasteiger partial charge in [0.25, 0.3) is 0 Å². The van der Waals surface area contributed by atoms with Crippen LogP contribution < -0.4 is 27.8 Å². The summed E-state index contributed by atoms with van der Waals surface area (Å²) in [6, 6.07) is 24.6. The SMILES string of the molecule is CC(C)(C)N=C=O.CCCN(CCCN)C(=O)C1=Cc2ccc(-c3cccc(S(=O)(=O)N4CC(CO)C4)c3)cc2N=C(N)C1.CCCN(CCCNC(=O)NC(C)(C)C)C(=O)C1=Cc2ccc(-c3cccc(S(=O)(=O)N4CC(CO)C4)c3)cc2N=C(N)C1. The minimum atomic E-state index is -3.66. The van der Waals surface area contributed by atoms with Crippen molar-refractivity contribution < 1.29 is 46.2 Å². The van der Waals surface area contributed by atoms with Crippen molar-refractivity contribution in [2.45, 2.75) is 115 Å². The molecular formula is C64H88N12O10S2. The Kier molecular flexibility index (Phi) is 24.7. The summed E-state index contributed by atoms with van der Waals surface area (Å²) in [5.74, 6) is 0.447. The lowest BCUT2D eigenvalue weighted by atomic mass is 10.0. The van der Waals surface area contributed by atoms with E-state index in [4.69, 9.17) is 17.2 Å². The summed E-state index contributed by atoms with van der Waals surface area (Å²) in [6.07, 6.45) is 8.58. The van der Waals surface area contributed by atoms with E-state index < -0.39 is 20.0 Å². The second-order valence-corrected chi connectivity index (χ2v) is 28.2. The van der Waals surface area contributed by atoms with Crippen LogP contribution in [-0.2, 0) is 34.4 Å². The van der Waals surface area contributed by atoms with Crippen molar-refractivity contribution in [1.82, 2.24) is 29.0 Å². The third-order valence-corrected chi connectivity index (χ3v) is 18.1. The molecule has 0 bridgehead atoms. The fourth-order valence-corrected chi connectivity index (χ4v) is 13.2. The van der Waals surface area contributed by atoms with Crippen molar-refractivity contribution in [3.63, 3.8) is 0 Å². The van der Waals surface area contributed by atoms with E-state index in [1.807, 2.05) is 121 Å². The number of carbonyl (C=O) groups excluding carboxylic acids is 4. The first kappa shape index (κ1) is 69.7. The first-order valence-electron chi connectivity index (χ1n) is 29.8. The van der Waals surface area contributed by atoms with E-state index in [1.165, 1.54) is 14.7 Å². The maximum absolute atomic E-state index is 13.6. The minimum Gasteiger partial charge on any atom is -0.396 e. The van der Waals surface area contributed by atoms with Crippen molar-refractivity contribution >= 4 is 79.2 Å². The number of aliphatic hydroxyl groups is 2. The molecule has 0 atom stereocenters. The molecule has 88 heavy (non-hydrogen) atoms. The van der Waals surface area contributed by atoms with Gasteiger partial charge in [0.2, 0.25) is 37.9 Å². The van der Waals surface area contributed by atoms with Crippen LogP contribution in [-0.4, -0.2) is 171 Å². The highest BCUT2D eigenvalue weighted by molar-refractivity contribution is 7.89. The van der Waals surface area contributed by atoms with Gasteiger partial charge in [-0.3, -0.25) is 9.59 Å². The van der Waals surface area contributed by atoms with Gasteiger partial charge in [0.1, 0.15) is 11.7 Å². The van der Waals surface area contributed by atoms with E-state index in [1.54, 1.807) is 41.3 Å². The number of hydrogen-bond acceptors (Lipinski definition) is 16. The summed E-state index contributed by atoms with van der Waals surface area (Å²) >= 11 is 0. The number of sulfonamides is 2. The molecule has 0 spiro atoms. The van der Waals surface area contributed by atoms with E-state index in [0.29, 0.717) is 112 Å². The van der Waals surface area contributed by atoms with Crippen LogP contribution in [0.4, 0.5) is 16.2 Å². The lowest BCUT2D eigenvalue weighted by Crippen LogP contribution is -2.51. The Morgan fingerprint density at radius 2 is 1.07 bits per heavy atom. The largest absolute Gasteiger partial charge is 0.396 e. The predicted molar refractivity (Wildman–Crippen MR) is 346 cm³/mol. The number of benzene rings is 4. The molecule has 8 rings (SSSR count). The molecule has 4 aliphatic rings. The van der Waals surface area contributed by atoms with Gasteiger partial charge in [-0.1, -0.05) is 62.4 Å². The van der Waals surface area contributed by atoms with Crippen LogP contribution in [0.5, 0.6) is 0 Å². The molecule has 2 saturated heterocycles. The third-order valence-electron chi connectivity index (χ3n) is 14.5. The molecule has 4 heterocycles. The average Bonchev–Trinajstić information content (AvgIpc) is 0.904. The molecule has 4 aromatic rings. The van der Waals surface area contributed by atoms with Gasteiger partial charge in [0, 0.05) is 125 Å². The van der Waals surface area contributed by atoms with E-state index in [-0.39, 0.29) is 76.6 Å². The molecule has 0 radical (unpaired) electrons. The van der Waals surface area contributed by atoms with Crippen molar-refractivity contribution in [2.24, 2.45) is 44.0 Å². The van der Waals surface area contributed by atoms with Gasteiger partial charge >= 0.3 is 6.03 Å². The average molecular weight is 1250 g/mol. The van der Waals surface area contributed by atoms with Crippen LogP contribution in [0.25, 0.3) is 34.4 Å². The summed E-state index contributed by atoms with van der Waals surface area (Å²) in [7, 11) is -7.29. The van der Waals surface area contributed by atoms with Crippen LogP contribution in [0.3, 0.4) is 0 Å². The second kappa shape index (κ2) is 31.2. The van der Waals surface area contributed by atoms with E-state index in [9.17, 15) is 46.2 Å². The Hall–Kier alpha value is -7.41. The number of nitrogens with zero attached hydrogens (tertiary/aromatic N) is 7. The van der Waals surface area contributed by atoms with Gasteiger partial charge in [-0.2, -0.15) is 8.61 Å². The Balaban J connectivity index is 0.000000256. The van der Waals surface area contributed by atoms with Crippen molar-refractivity contribution in [2.75, 3.05) is 78.7 Å². The van der Waals surface area contributed by atoms with Crippen molar-refractivity contribution in [3.05, 3.63) is 107 Å². The van der Waals surface area contributed by atoms with Crippen LogP contribution >= 0.6 is 0 Å². The minimum absolute atomic E-state index is 0.00889. The topological polar surface area (TPSA) is 329 Å². The number of nitrogens with one attached hydrogen (secondary N) is 2. The lowest BCUT2D eigenvalue weighted by Gasteiger charge is -2.36. The van der Waals surface area contributed by atoms with Gasteiger partial charge in [-0.25, -0.2) is 41.4 Å². The highest BCUT2D eigenvalue weighted by Gasteiger charge is 2.38. The quantitative estimate of drug-likeness (QED) is 0.0253. The molecule has 4 aromatic carbocycles. The van der Waals surface area contributed by atoms with Crippen LogP contribution in [0.1, 0.15) is 105 Å². The maximum atomic E-state index is 13.6. The van der Waals surface area contributed by atoms with Crippen LogP contribution in [0, 0.1) is 11.8 Å². The fourth-order valence-electron chi connectivity index (χ4n) is 9.91. The molecule has 2 fully saturated rings. The summed E-state index contributed by atoms with van der Waals surface area (Å²) in [5.41, 5.74) is 24.5. The van der Waals surface area contributed by atoms with Gasteiger partial charge in [0.05, 0.1) is 26.7 Å². The summed E-state index contributed by atoms with van der Waals surface area (Å²) in [4.78, 5) is 65.1. The monoisotopic (exact) mass is 1250 g/mol. The molecule has 0 saturated carbocycles. The summed E-state index contributed by atoms with van der Waals surface area (Å²) < 4.78 is 54.9. The lowest BCUT2D eigenvalue weighted by molar-refractivity contribution is -0.128. The first-order valence-corrected chi connectivity index (χ1v) is 32.7. The zero-order valence-electron chi connectivity index (χ0n) is 52.0. The van der Waals surface area contributed by atoms with Crippen LogP contribution in [0.15, 0.2) is 121 Å². The van der Waals surface area contributed by atoms with E-state index in [2.05, 4.69) is 25.6 Å². The molecule has 476 valence electrons. The normalized spacial score (nSPS) is 15.5. The Morgan fingerprint density at radius 1 is 0.648 bits per heavy atom. The molecule has 22 nitrogen and oxygen atoms in total. The van der Waals surface area contributed by atoms with Crippen molar-refractivity contribution in [3.8, 4) is 22.3 Å². The molecule has 24 heteroatoms. The fraction of sp³-hybridized carbons (Fsp3) is 0.469. The van der Waals surface area contributed by atoms with Gasteiger partial charge in [-0.05, 0) is 145 Å². The molecule has 4 aliphatic heterocycles. The molecule has 10 N–H and O–H groups in total. The van der Waals surface area contributed by atoms with Gasteiger partial charge in [-0.15, -0.1) is 0 Å². The predicted octanol–water partition coefficient (Wildman–Crippen LogP) is 6.92. The standard InChI is InChI=1S/C32H44N6O5S.C27H35N5O4S.C5H9NO/c1-5-13-37(14-7-12-34-31(41)36-32(2,3)4)30(40)26-15-25-11-10-24(17-28(25)35-29(33)18-26)23-8-6-9-27(16-23)44(42,43)38-19-22(20-38)21-39;1-2-10-31(11-4-9-28)27(34)23-12-22-8-7-21(14-25(22)30-26(29)15-23)20-5-3-6-24(13-20)37(35,36)32-16-19(17-32)18-33;1-5(2,3)6-4-7/h6,8-11,15-17,22,39H,5,7,12-14,18-21H2,1-4H3,(H2,33,35)(H2,34,36,41);3,5-8,12-14,19,33H,2,4,9-11,15-18,28H2,1H3,(H2,29,30);1-3H3. The molecule has 4 amide bonds. The third kappa shape index (κ3) is 19.3. The van der Waals surface area contributed by atoms with Gasteiger partial charge < -0.3 is 47.8 Å². The Bertz CT molecular complexity index is 3540. The molecule has 0 aromatic heterocycles. The number of aliphatic hydroxyl groups excluding tert-OH is 2. The van der Waals surface area contributed by atoms with E-state index >= 15 is 0 Å². The number of isocyanates is 1. The zero-order valence-corrected chi connectivity index (χ0v) is 53.6. The molecular weight excluding hydrogens is 1160 g/mol. The number of amides is 4. The number of nitrogens with two attached hydrogens (primary N) is 3. The number of amidine groups is 2.